The van der Waals surface area contributed by atoms with Gasteiger partial charge in [-0.3, -0.25) is 0 Å². The summed E-state index contributed by atoms with van der Waals surface area (Å²) >= 11 is 5.98. The van der Waals surface area contributed by atoms with E-state index in [-0.39, 0.29) is 0 Å². The zero-order valence-corrected chi connectivity index (χ0v) is 11.5. The van der Waals surface area contributed by atoms with Crippen LogP contribution in [0.5, 0.6) is 0 Å². The number of rotatable bonds is 5. The summed E-state index contributed by atoms with van der Waals surface area (Å²) in [6.45, 7) is 5.24. The third kappa shape index (κ3) is 3.37. The molecule has 0 spiro atoms. The third-order valence-electron chi connectivity index (χ3n) is 2.83. The summed E-state index contributed by atoms with van der Waals surface area (Å²) in [5, 5.41) is 4.10. The van der Waals surface area contributed by atoms with Gasteiger partial charge in [0, 0.05) is 23.0 Å². The molecule has 0 saturated heterocycles. The maximum Gasteiger partial charge on any atom is 0.134 e. The van der Waals surface area contributed by atoms with Crippen LogP contribution in [0.1, 0.15) is 19.6 Å². The van der Waals surface area contributed by atoms with Crippen LogP contribution in [-0.4, -0.2) is 12.6 Å². The number of halogens is 1. The fourth-order valence-electron chi connectivity index (χ4n) is 2.01. The maximum absolute atomic E-state index is 5.98. The third-order valence-corrected chi connectivity index (χ3v) is 3.07. The van der Waals surface area contributed by atoms with Gasteiger partial charge in [0.15, 0.2) is 0 Å². The van der Waals surface area contributed by atoms with Crippen LogP contribution in [0.3, 0.4) is 0 Å². The molecule has 1 N–H and O–H groups in total. The Morgan fingerprint density at radius 2 is 2.11 bits per heavy atom. The van der Waals surface area contributed by atoms with Crippen molar-refractivity contribution in [1.82, 2.24) is 5.32 Å². The van der Waals surface area contributed by atoms with Gasteiger partial charge in [-0.15, -0.1) is 0 Å². The molecular weight excluding hydrogens is 246 g/mol. The van der Waals surface area contributed by atoms with Crippen LogP contribution < -0.4 is 5.32 Å². The molecule has 1 atom stereocenters. The summed E-state index contributed by atoms with van der Waals surface area (Å²) < 4.78 is 5.84. The minimum absolute atomic E-state index is 0.424. The fourth-order valence-corrected chi connectivity index (χ4v) is 2.20. The lowest BCUT2D eigenvalue weighted by atomic mass is 10.2. The van der Waals surface area contributed by atoms with Crippen molar-refractivity contribution in [2.45, 2.75) is 26.3 Å². The molecule has 0 radical (unpaired) electrons. The van der Waals surface area contributed by atoms with Crippen LogP contribution in [-0.2, 0) is 6.42 Å². The van der Waals surface area contributed by atoms with Crippen LogP contribution >= 0.6 is 11.6 Å². The lowest BCUT2D eigenvalue weighted by Crippen LogP contribution is -2.27. The zero-order chi connectivity index (χ0) is 13.0. The molecule has 2 aromatic rings. The topological polar surface area (TPSA) is 25.2 Å². The molecule has 2 rings (SSSR count). The first-order chi connectivity index (χ1) is 8.69. The van der Waals surface area contributed by atoms with Crippen molar-refractivity contribution < 1.29 is 4.42 Å². The van der Waals surface area contributed by atoms with E-state index in [4.69, 9.17) is 16.0 Å². The fraction of sp³-hybridized carbons (Fsp3) is 0.333. The summed E-state index contributed by atoms with van der Waals surface area (Å²) in [5.41, 5.74) is 1.02. The molecule has 0 fully saturated rings. The van der Waals surface area contributed by atoms with E-state index < -0.39 is 0 Å². The second-order valence-electron chi connectivity index (χ2n) is 4.44. The van der Waals surface area contributed by atoms with Gasteiger partial charge in [0.05, 0.1) is 0 Å². The summed E-state index contributed by atoms with van der Waals surface area (Å²) in [7, 11) is 0. The van der Waals surface area contributed by atoms with Gasteiger partial charge in [-0.25, -0.2) is 0 Å². The van der Waals surface area contributed by atoms with Crippen LogP contribution in [0.15, 0.2) is 40.8 Å². The second-order valence-corrected chi connectivity index (χ2v) is 4.88. The van der Waals surface area contributed by atoms with Crippen LogP contribution in [0.2, 0.25) is 5.02 Å². The standard InChI is InChI=1S/C15H18ClNO/c1-3-17-11(2)9-14-7-8-15(18-14)12-5-4-6-13(16)10-12/h4-8,10-11,17H,3,9H2,1-2H3. The SMILES string of the molecule is CCNC(C)Cc1ccc(-c2cccc(Cl)c2)o1. The average Bonchev–Trinajstić information content (AvgIpc) is 2.78. The summed E-state index contributed by atoms with van der Waals surface area (Å²) in [4.78, 5) is 0. The Labute approximate surface area is 113 Å². The van der Waals surface area contributed by atoms with Crippen molar-refractivity contribution >= 4 is 11.6 Å². The van der Waals surface area contributed by atoms with E-state index in [2.05, 4.69) is 19.2 Å². The van der Waals surface area contributed by atoms with Crippen molar-refractivity contribution in [3.63, 3.8) is 0 Å². The second kappa shape index (κ2) is 6.07. The summed E-state index contributed by atoms with van der Waals surface area (Å²) in [6, 6.07) is 12.2. The van der Waals surface area contributed by atoms with Crippen molar-refractivity contribution in [3.05, 3.63) is 47.2 Å². The van der Waals surface area contributed by atoms with E-state index in [1.807, 2.05) is 36.4 Å². The van der Waals surface area contributed by atoms with Gasteiger partial charge in [-0.2, -0.15) is 0 Å². The monoisotopic (exact) mass is 263 g/mol. The highest BCUT2D eigenvalue weighted by Gasteiger charge is 2.08. The predicted molar refractivity (Wildman–Crippen MR) is 76.0 cm³/mol. The van der Waals surface area contributed by atoms with Gasteiger partial charge in [0.1, 0.15) is 11.5 Å². The van der Waals surface area contributed by atoms with Gasteiger partial charge in [-0.05, 0) is 37.7 Å². The van der Waals surface area contributed by atoms with Crippen LogP contribution in [0.4, 0.5) is 0 Å². The van der Waals surface area contributed by atoms with E-state index in [9.17, 15) is 0 Å². The van der Waals surface area contributed by atoms with E-state index in [0.717, 1.165) is 35.1 Å². The highest BCUT2D eigenvalue weighted by molar-refractivity contribution is 6.30. The number of likely N-dealkylation sites (N-methyl/N-ethyl adjacent to an activating group) is 1. The zero-order valence-electron chi connectivity index (χ0n) is 10.7. The van der Waals surface area contributed by atoms with E-state index in [1.165, 1.54) is 0 Å². The molecule has 0 aliphatic carbocycles. The lowest BCUT2D eigenvalue weighted by Gasteiger charge is -2.09. The number of hydrogen-bond acceptors (Lipinski definition) is 2. The van der Waals surface area contributed by atoms with Gasteiger partial charge in [-0.1, -0.05) is 30.7 Å². The normalized spacial score (nSPS) is 12.6. The first kappa shape index (κ1) is 13.2. The number of nitrogens with one attached hydrogen (secondary N) is 1. The van der Waals surface area contributed by atoms with Gasteiger partial charge >= 0.3 is 0 Å². The number of benzene rings is 1. The number of furan rings is 1. The maximum atomic E-state index is 5.98. The lowest BCUT2D eigenvalue weighted by molar-refractivity contribution is 0.470. The van der Waals surface area contributed by atoms with E-state index in [1.54, 1.807) is 0 Å². The molecule has 2 nitrogen and oxygen atoms in total. The molecule has 1 aromatic carbocycles. The molecule has 0 bridgehead atoms. The first-order valence-electron chi connectivity index (χ1n) is 6.27. The van der Waals surface area contributed by atoms with E-state index >= 15 is 0 Å². The minimum Gasteiger partial charge on any atom is -0.461 e. The minimum atomic E-state index is 0.424. The molecule has 3 heteroatoms. The molecule has 1 aromatic heterocycles. The molecule has 18 heavy (non-hydrogen) atoms. The molecule has 1 heterocycles. The van der Waals surface area contributed by atoms with E-state index in [0.29, 0.717) is 6.04 Å². The highest BCUT2D eigenvalue weighted by Crippen LogP contribution is 2.25. The molecule has 96 valence electrons. The Balaban J connectivity index is 2.10. The van der Waals surface area contributed by atoms with Gasteiger partial charge in [0.2, 0.25) is 0 Å². The van der Waals surface area contributed by atoms with Crippen molar-refractivity contribution in [2.75, 3.05) is 6.54 Å². The summed E-state index contributed by atoms with van der Waals surface area (Å²) in [5.74, 6) is 1.87. The Morgan fingerprint density at radius 1 is 1.28 bits per heavy atom. The van der Waals surface area contributed by atoms with Crippen molar-refractivity contribution in [3.8, 4) is 11.3 Å². The average molecular weight is 264 g/mol. The van der Waals surface area contributed by atoms with Gasteiger partial charge in [0.25, 0.3) is 0 Å². The van der Waals surface area contributed by atoms with Crippen molar-refractivity contribution in [2.24, 2.45) is 0 Å². The Morgan fingerprint density at radius 3 is 2.83 bits per heavy atom. The van der Waals surface area contributed by atoms with Crippen molar-refractivity contribution in [1.29, 1.82) is 0 Å². The molecule has 0 aliphatic rings. The molecule has 0 amide bonds. The Hall–Kier alpha value is -1.25. The smallest absolute Gasteiger partial charge is 0.134 e. The highest BCUT2D eigenvalue weighted by atomic mass is 35.5. The molecular formula is C15H18ClNO. The number of hydrogen-bond donors (Lipinski definition) is 1. The largest absolute Gasteiger partial charge is 0.461 e. The van der Waals surface area contributed by atoms with Gasteiger partial charge < -0.3 is 9.73 Å². The Kier molecular flexibility index (Phi) is 4.45. The molecule has 0 aliphatic heterocycles. The van der Waals surface area contributed by atoms with Crippen LogP contribution in [0.25, 0.3) is 11.3 Å². The molecule has 0 saturated carbocycles. The van der Waals surface area contributed by atoms with Crippen LogP contribution in [0, 0.1) is 0 Å². The molecule has 1 unspecified atom stereocenters. The summed E-state index contributed by atoms with van der Waals surface area (Å²) in [6.07, 6.45) is 0.897. The predicted octanol–water partition coefficient (Wildman–Crippen LogP) is 4.14. The Bertz CT molecular complexity index is 507. The first-order valence-corrected chi connectivity index (χ1v) is 6.65. The quantitative estimate of drug-likeness (QED) is 0.877.